The Balaban J connectivity index is 2.76. The second-order valence-corrected chi connectivity index (χ2v) is 4.73. The molecule has 6 heteroatoms. The number of rotatable bonds is 4. The maximum atomic E-state index is 12.7. The molecule has 3 atom stereocenters. The predicted molar refractivity (Wildman–Crippen MR) is 60.9 cm³/mol. The maximum Gasteiger partial charge on any atom is 0.399 e. The average molecular weight is 251 g/mol. The van der Waals surface area contributed by atoms with Crippen LogP contribution >= 0.6 is 0 Å². The molecule has 1 fully saturated rings. The zero-order valence-electron chi connectivity index (χ0n) is 10.2. The smallest absolute Gasteiger partial charge is 0.387 e. The minimum Gasteiger partial charge on any atom is -0.387 e. The van der Waals surface area contributed by atoms with Gasteiger partial charge in [0, 0.05) is 18.6 Å². The lowest BCUT2D eigenvalue weighted by atomic mass is 10.1. The van der Waals surface area contributed by atoms with Crippen LogP contribution in [-0.4, -0.2) is 35.5 Å². The molecule has 0 aliphatic carbocycles. The van der Waals surface area contributed by atoms with Crippen LogP contribution in [0.2, 0.25) is 0 Å². The maximum absolute atomic E-state index is 12.7. The summed E-state index contributed by atoms with van der Waals surface area (Å²) in [5, 5.41) is 7.09. The van der Waals surface area contributed by atoms with Crippen LogP contribution in [0.1, 0.15) is 33.1 Å². The molecule has 3 N–H and O–H groups in total. The van der Waals surface area contributed by atoms with Gasteiger partial charge >= 0.3 is 6.18 Å². The Bertz CT molecular complexity index is 278. The Hall–Kier alpha value is -0.780. The normalized spacial score (nSPS) is 28.3. The van der Waals surface area contributed by atoms with Crippen LogP contribution < -0.4 is 5.73 Å². The molecule has 1 aliphatic rings. The van der Waals surface area contributed by atoms with Gasteiger partial charge in [-0.1, -0.05) is 6.92 Å². The van der Waals surface area contributed by atoms with E-state index in [0.29, 0.717) is 0 Å². The molecule has 0 saturated carbocycles. The van der Waals surface area contributed by atoms with E-state index >= 15 is 0 Å². The summed E-state index contributed by atoms with van der Waals surface area (Å²) in [4.78, 5) is 1.85. The van der Waals surface area contributed by atoms with E-state index in [9.17, 15) is 13.2 Å². The first-order chi connectivity index (χ1) is 7.77. The van der Waals surface area contributed by atoms with Gasteiger partial charge in [0.15, 0.2) is 0 Å². The molecule has 0 aromatic rings. The quantitative estimate of drug-likeness (QED) is 0.595. The lowest BCUT2D eigenvalue weighted by molar-refractivity contribution is -0.161. The van der Waals surface area contributed by atoms with E-state index < -0.39 is 17.9 Å². The standard InChI is InChI=1S/C11H20F3N3/c1-3-8-5-4-7(2)17(8)6-9(10(15)16)11(12,13)14/h7-9H,3-6H2,1-2H3,(H3,15,16). The van der Waals surface area contributed by atoms with Crippen molar-refractivity contribution in [2.45, 2.75) is 51.4 Å². The number of nitrogens with one attached hydrogen (secondary N) is 1. The van der Waals surface area contributed by atoms with Crippen molar-refractivity contribution >= 4 is 5.84 Å². The largest absolute Gasteiger partial charge is 0.399 e. The third-order valence-electron chi connectivity index (χ3n) is 3.59. The Kier molecular flexibility index (Phi) is 4.41. The van der Waals surface area contributed by atoms with Crippen LogP contribution in [-0.2, 0) is 0 Å². The van der Waals surface area contributed by atoms with Gasteiger partial charge in [-0.15, -0.1) is 0 Å². The molecule has 0 radical (unpaired) electrons. The van der Waals surface area contributed by atoms with E-state index in [4.69, 9.17) is 11.1 Å². The Morgan fingerprint density at radius 3 is 2.47 bits per heavy atom. The minimum absolute atomic E-state index is 0.143. The van der Waals surface area contributed by atoms with Gasteiger partial charge in [-0.3, -0.25) is 10.3 Å². The van der Waals surface area contributed by atoms with Crippen molar-refractivity contribution in [2.75, 3.05) is 6.54 Å². The summed E-state index contributed by atoms with van der Waals surface area (Å²) < 4.78 is 38.2. The molecule has 1 rings (SSSR count). The molecule has 1 aliphatic heterocycles. The van der Waals surface area contributed by atoms with Crippen molar-refractivity contribution < 1.29 is 13.2 Å². The number of hydrogen-bond acceptors (Lipinski definition) is 2. The molecular formula is C11H20F3N3. The molecular weight excluding hydrogens is 231 g/mol. The number of nitrogens with zero attached hydrogens (tertiary/aromatic N) is 1. The first-order valence-electron chi connectivity index (χ1n) is 5.93. The molecule has 100 valence electrons. The fourth-order valence-corrected chi connectivity index (χ4v) is 2.48. The first kappa shape index (κ1) is 14.3. The Morgan fingerprint density at radius 2 is 2.06 bits per heavy atom. The predicted octanol–water partition coefficient (Wildman–Crippen LogP) is 2.36. The van der Waals surface area contributed by atoms with E-state index in [-0.39, 0.29) is 18.6 Å². The summed E-state index contributed by atoms with van der Waals surface area (Å²) in [6.07, 6.45) is -1.74. The topological polar surface area (TPSA) is 53.1 Å². The summed E-state index contributed by atoms with van der Waals surface area (Å²) >= 11 is 0. The Morgan fingerprint density at radius 1 is 1.47 bits per heavy atom. The van der Waals surface area contributed by atoms with Gasteiger partial charge < -0.3 is 5.73 Å². The van der Waals surface area contributed by atoms with Crippen molar-refractivity contribution in [2.24, 2.45) is 11.7 Å². The van der Waals surface area contributed by atoms with E-state index in [0.717, 1.165) is 19.3 Å². The fourth-order valence-electron chi connectivity index (χ4n) is 2.48. The summed E-state index contributed by atoms with van der Waals surface area (Å²) in [6, 6.07) is 0.332. The van der Waals surface area contributed by atoms with Crippen LogP contribution in [0, 0.1) is 11.3 Å². The van der Waals surface area contributed by atoms with Gasteiger partial charge in [-0.25, -0.2) is 0 Å². The molecule has 3 unspecified atom stereocenters. The number of halogens is 3. The molecule has 1 heterocycles. The zero-order valence-corrected chi connectivity index (χ0v) is 10.2. The molecule has 1 saturated heterocycles. The van der Waals surface area contributed by atoms with Gasteiger partial charge in [0.25, 0.3) is 0 Å². The summed E-state index contributed by atoms with van der Waals surface area (Å²) in [5.41, 5.74) is 5.07. The highest BCUT2D eigenvalue weighted by Gasteiger charge is 2.45. The van der Waals surface area contributed by atoms with Gasteiger partial charge in [0.1, 0.15) is 11.8 Å². The van der Waals surface area contributed by atoms with Crippen molar-refractivity contribution in [1.82, 2.24) is 4.90 Å². The zero-order chi connectivity index (χ0) is 13.2. The first-order valence-corrected chi connectivity index (χ1v) is 5.93. The number of hydrogen-bond donors (Lipinski definition) is 2. The highest BCUT2D eigenvalue weighted by Crippen LogP contribution is 2.32. The molecule has 0 aromatic carbocycles. The highest BCUT2D eigenvalue weighted by molar-refractivity contribution is 5.80. The van der Waals surface area contributed by atoms with Crippen molar-refractivity contribution in [3.05, 3.63) is 0 Å². The average Bonchev–Trinajstić information content (AvgIpc) is 2.53. The van der Waals surface area contributed by atoms with Gasteiger partial charge in [0.2, 0.25) is 0 Å². The van der Waals surface area contributed by atoms with Crippen LogP contribution in [0.5, 0.6) is 0 Å². The van der Waals surface area contributed by atoms with Gasteiger partial charge in [-0.2, -0.15) is 13.2 Å². The van der Waals surface area contributed by atoms with Crippen molar-refractivity contribution in [1.29, 1.82) is 5.41 Å². The molecule has 0 amide bonds. The number of amidine groups is 1. The van der Waals surface area contributed by atoms with Gasteiger partial charge in [-0.05, 0) is 26.2 Å². The molecule has 0 bridgehead atoms. The molecule has 3 nitrogen and oxygen atoms in total. The van der Waals surface area contributed by atoms with Crippen molar-refractivity contribution in [3.63, 3.8) is 0 Å². The number of likely N-dealkylation sites (tertiary alicyclic amines) is 1. The third kappa shape index (κ3) is 3.34. The minimum atomic E-state index is -4.42. The SMILES string of the molecule is CCC1CCC(C)N1CC(C(=N)N)C(F)(F)F. The molecule has 0 aromatic heterocycles. The summed E-state index contributed by atoms with van der Waals surface area (Å²) in [5.74, 6) is -2.62. The van der Waals surface area contributed by atoms with E-state index in [2.05, 4.69) is 0 Å². The van der Waals surface area contributed by atoms with Crippen LogP contribution in [0.15, 0.2) is 0 Å². The number of alkyl halides is 3. The summed E-state index contributed by atoms with van der Waals surface area (Å²) in [6.45, 7) is 3.73. The number of nitrogens with two attached hydrogens (primary N) is 1. The van der Waals surface area contributed by atoms with Gasteiger partial charge in [0.05, 0.1) is 0 Å². The van der Waals surface area contributed by atoms with E-state index in [1.165, 1.54) is 0 Å². The Labute approximate surface area is 99.7 Å². The van der Waals surface area contributed by atoms with Crippen molar-refractivity contribution in [3.8, 4) is 0 Å². The van der Waals surface area contributed by atoms with Crippen LogP contribution in [0.25, 0.3) is 0 Å². The van der Waals surface area contributed by atoms with E-state index in [1.807, 2.05) is 18.7 Å². The second kappa shape index (κ2) is 5.25. The third-order valence-corrected chi connectivity index (χ3v) is 3.59. The fraction of sp³-hybridized carbons (Fsp3) is 0.909. The summed E-state index contributed by atoms with van der Waals surface area (Å²) in [7, 11) is 0. The lowest BCUT2D eigenvalue weighted by Crippen LogP contribution is -2.47. The lowest BCUT2D eigenvalue weighted by Gasteiger charge is -2.32. The van der Waals surface area contributed by atoms with Crippen LogP contribution in [0.4, 0.5) is 13.2 Å². The highest BCUT2D eigenvalue weighted by atomic mass is 19.4. The van der Waals surface area contributed by atoms with E-state index in [1.54, 1.807) is 0 Å². The second-order valence-electron chi connectivity index (χ2n) is 4.73. The van der Waals surface area contributed by atoms with Crippen LogP contribution in [0.3, 0.4) is 0 Å². The monoisotopic (exact) mass is 251 g/mol. The molecule has 0 spiro atoms. The molecule has 17 heavy (non-hydrogen) atoms.